The lowest BCUT2D eigenvalue weighted by molar-refractivity contribution is -0.136. The molecule has 160 valence electrons. The number of thiophene rings is 1. The van der Waals surface area contributed by atoms with Gasteiger partial charge in [0, 0.05) is 24.2 Å². The Hall–Kier alpha value is -2.43. The molecular weight excluding hydrogens is 426 g/mol. The van der Waals surface area contributed by atoms with E-state index in [-0.39, 0.29) is 22.8 Å². The zero-order valence-electron chi connectivity index (χ0n) is 16.3. The average molecular weight is 450 g/mol. The predicted molar refractivity (Wildman–Crippen MR) is 114 cm³/mol. The molecule has 3 N–H and O–H groups in total. The number of aliphatic hydroxyl groups excluding tert-OH is 1. The second-order valence-electron chi connectivity index (χ2n) is 7.75. The van der Waals surface area contributed by atoms with Crippen molar-refractivity contribution in [3.63, 3.8) is 0 Å². The molecule has 30 heavy (non-hydrogen) atoms. The first-order valence-corrected chi connectivity index (χ1v) is 12.1. The summed E-state index contributed by atoms with van der Waals surface area (Å²) in [6.07, 6.45) is 3.09. The molecule has 1 aromatic carbocycles. The largest absolute Gasteiger partial charge is 0.396 e. The monoisotopic (exact) mass is 449 g/mol. The fourth-order valence-electron chi connectivity index (χ4n) is 3.49. The van der Waals surface area contributed by atoms with Crippen LogP contribution in [0.2, 0.25) is 0 Å². The zero-order chi connectivity index (χ0) is 21.4. The van der Waals surface area contributed by atoms with E-state index in [0.29, 0.717) is 24.3 Å². The number of aliphatic hydroxyl groups is 1. The van der Waals surface area contributed by atoms with E-state index in [1.807, 2.05) is 0 Å². The lowest BCUT2D eigenvalue weighted by atomic mass is 10.0. The van der Waals surface area contributed by atoms with Gasteiger partial charge in [-0.3, -0.25) is 13.9 Å². The van der Waals surface area contributed by atoms with Crippen LogP contribution in [0.15, 0.2) is 39.9 Å². The van der Waals surface area contributed by atoms with Crippen molar-refractivity contribution in [2.75, 3.05) is 29.3 Å². The summed E-state index contributed by atoms with van der Waals surface area (Å²) in [6.45, 7) is 0.593. The van der Waals surface area contributed by atoms with Gasteiger partial charge < -0.3 is 15.7 Å². The summed E-state index contributed by atoms with van der Waals surface area (Å²) in [4.78, 5) is 24.4. The fraction of sp³-hybridized carbons (Fsp3) is 0.400. The molecule has 1 aliphatic carbocycles. The van der Waals surface area contributed by atoms with Gasteiger partial charge in [0.05, 0.1) is 12.3 Å². The van der Waals surface area contributed by atoms with E-state index in [9.17, 15) is 23.1 Å². The van der Waals surface area contributed by atoms with E-state index < -0.39 is 21.8 Å². The number of rotatable bonds is 6. The molecule has 1 saturated carbocycles. The van der Waals surface area contributed by atoms with Crippen molar-refractivity contribution < 1.29 is 23.1 Å². The van der Waals surface area contributed by atoms with Gasteiger partial charge in [0.1, 0.15) is 4.21 Å². The molecule has 2 aromatic rings. The molecule has 1 fully saturated rings. The highest BCUT2D eigenvalue weighted by molar-refractivity contribution is 7.94. The molecule has 1 aliphatic heterocycles. The summed E-state index contributed by atoms with van der Waals surface area (Å²) in [5.74, 6) is -1.61. The van der Waals surface area contributed by atoms with Crippen LogP contribution < -0.4 is 14.9 Å². The summed E-state index contributed by atoms with van der Waals surface area (Å²) in [7, 11) is -3.68. The molecule has 10 heteroatoms. The highest BCUT2D eigenvalue weighted by atomic mass is 32.2. The number of hydrogen-bond acceptors (Lipinski definition) is 6. The molecule has 2 heterocycles. The van der Waals surface area contributed by atoms with Crippen molar-refractivity contribution in [1.29, 1.82) is 0 Å². The molecule has 1 aromatic heterocycles. The first-order valence-electron chi connectivity index (χ1n) is 9.74. The van der Waals surface area contributed by atoms with Crippen LogP contribution in [-0.2, 0) is 26.0 Å². The van der Waals surface area contributed by atoms with E-state index in [0.717, 1.165) is 36.2 Å². The number of nitrogens with zero attached hydrogens (tertiary/aromatic N) is 1. The summed E-state index contributed by atoms with van der Waals surface area (Å²) < 4.78 is 27.7. The van der Waals surface area contributed by atoms with E-state index in [4.69, 9.17) is 0 Å². The van der Waals surface area contributed by atoms with E-state index in [1.165, 1.54) is 4.31 Å². The van der Waals surface area contributed by atoms with Crippen molar-refractivity contribution in [3.05, 3.63) is 41.3 Å². The van der Waals surface area contributed by atoms with Crippen molar-refractivity contribution in [3.8, 4) is 0 Å². The predicted octanol–water partition coefficient (Wildman–Crippen LogP) is 1.72. The molecule has 2 aliphatic rings. The third-order valence-electron chi connectivity index (χ3n) is 5.58. The maximum atomic E-state index is 13.0. The summed E-state index contributed by atoms with van der Waals surface area (Å²) in [5, 5.41) is 16.1. The molecule has 8 nitrogen and oxygen atoms in total. The molecule has 0 radical (unpaired) electrons. The number of carbonyl (C=O) groups is 2. The smallest absolute Gasteiger partial charge is 0.313 e. The summed E-state index contributed by atoms with van der Waals surface area (Å²) in [6, 6.07) is 8.32. The zero-order valence-corrected chi connectivity index (χ0v) is 17.9. The van der Waals surface area contributed by atoms with Crippen LogP contribution in [0.1, 0.15) is 24.8 Å². The Kier molecular flexibility index (Phi) is 5.56. The lowest BCUT2D eigenvalue weighted by Gasteiger charge is -2.30. The third-order valence-corrected chi connectivity index (χ3v) is 8.77. The first-order chi connectivity index (χ1) is 14.3. The summed E-state index contributed by atoms with van der Waals surface area (Å²) >= 11 is 1.16. The van der Waals surface area contributed by atoms with Gasteiger partial charge >= 0.3 is 11.8 Å². The maximum absolute atomic E-state index is 13.0. The minimum Gasteiger partial charge on any atom is -0.396 e. The number of hydrogen-bond donors (Lipinski definition) is 3. The standard InChI is InChI=1S/C20H23N3O5S2/c24-13-20(7-8-20)12-21-18(25)19(26)22-15-6-5-14-3-1-9-23(16(14)11-15)30(27,28)17-4-2-10-29-17/h2,4-6,10-11,24H,1,3,7-9,12-13H2,(H,21,25)(H,22,26). The number of benzene rings is 1. The van der Waals surface area contributed by atoms with Gasteiger partial charge in [-0.15, -0.1) is 11.3 Å². The Morgan fingerprint density at radius 2 is 2.00 bits per heavy atom. The number of amides is 2. The van der Waals surface area contributed by atoms with Crippen LogP contribution in [0, 0.1) is 5.41 Å². The van der Waals surface area contributed by atoms with Crippen molar-refractivity contribution in [1.82, 2.24) is 5.32 Å². The number of nitrogens with one attached hydrogen (secondary N) is 2. The molecular formula is C20H23N3O5S2. The van der Waals surface area contributed by atoms with E-state index >= 15 is 0 Å². The highest BCUT2D eigenvalue weighted by Crippen LogP contribution is 2.44. The third kappa shape index (κ3) is 4.07. The molecule has 0 spiro atoms. The van der Waals surface area contributed by atoms with Gasteiger partial charge in [0.2, 0.25) is 0 Å². The van der Waals surface area contributed by atoms with Crippen molar-refractivity contribution in [2.45, 2.75) is 29.9 Å². The Balaban J connectivity index is 1.50. The van der Waals surface area contributed by atoms with Crippen LogP contribution in [0.5, 0.6) is 0 Å². The highest BCUT2D eigenvalue weighted by Gasteiger charge is 2.42. The molecule has 4 rings (SSSR count). The van der Waals surface area contributed by atoms with Crippen molar-refractivity contribution in [2.24, 2.45) is 5.41 Å². The number of aryl methyl sites for hydroxylation is 1. The number of carbonyl (C=O) groups excluding carboxylic acids is 2. The van der Waals surface area contributed by atoms with E-state index in [1.54, 1.807) is 35.7 Å². The normalized spacial score (nSPS) is 17.2. The van der Waals surface area contributed by atoms with Gasteiger partial charge in [0.15, 0.2) is 0 Å². The van der Waals surface area contributed by atoms with Gasteiger partial charge in [-0.1, -0.05) is 12.1 Å². The molecule has 0 atom stereocenters. The average Bonchev–Trinajstić information content (AvgIpc) is 3.30. The van der Waals surface area contributed by atoms with Gasteiger partial charge in [-0.25, -0.2) is 8.42 Å². The summed E-state index contributed by atoms with van der Waals surface area (Å²) in [5.41, 5.74) is 1.45. The lowest BCUT2D eigenvalue weighted by Crippen LogP contribution is -2.39. The Morgan fingerprint density at radius 3 is 2.67 bits per heavy atom. The van der Waals surface area contributed by atoms with E-state index in [2.05, 4.69) is 10.6 Å². The van der Waals surface area contributed by atoms with Crippen LogP contribution in [0.4, 0.5) is 11.4 Å². The second-order valence-corrected chi connectivity index (χ2v) is 10.8. The number of sulfonamides is 1. The first kappa shape index (κ1) is 20.8. The molecule has 0 bridgehead atoms. The molecule has 0 unspecified atom stereocenters. The minimum atomic E-state index is -3.68. The van der Waals surface area contributed by atoms with Crippen LogP contribution >= 0.6 is 11.3 Å². The topological polar surface area (TPSA) is 116 Å². The van der Waals surface area contributed by atoms with Crippen LogP contribution in [0.25, 0.3) is 0 Å². The number of anilines is 2. The van der Waals surface area contributed by atoms with Gasteiger partial charge in [-0.2, -0.15) is 0 Å². The number of fused-ring (bicyclic) bond motifs is 1. The molecule has 2 amide bonds. The Labute approximate surface area is 179 Å². The van der Waals surface area contributed by atoms with Crippen LogP contribution in [-0.4, -0.2) is 45.0 Å². The minimum absolute atomic E-state index is 0.0196. The van der Waals surface area contributed by atoms with Gasteiger partial charge in [0.25, 0.3) is 10.0 Å². The van der Waals surface area contributed by atoms with Gasteiger partial charge in [-0.05, 0) is 54.8 Å². The second kappa shape index (κ2) is 8.01. The Morgan fingerprint density at radius 1 is 1.20 bits per heavy atom. The maximum Gasteiger partial charge on any atom is 0.313 e. The quantitative estimate of drug-likeness (QED) is 0.581. The fourth-order valence-corrected chi connectivity index (χ4v) is 6.13. The molecule has 0 saturated heterocycles. The Bertz CT molecular complexity index is 1060. The van der Waals surface area contributed by atoms with Crippen molar-refractivity contribution >= 4 is 44.5 Å². The van der Waals surface area contributed by atoms with Crippen LogP contribution in [0.3, 0.4) is 0 Å². The SMILES string of the molecule is O=C(NCC1(CO)CC1)C(=O)Nc1ccc2c(c1)N(S(=O)(=O)c1cccs1)CCC2.